The van der Waals surface area contributed by atoms with E-state index in [1.807, 2.05) is 42.5 Å². The van der Waals surface area contributed by atoms with Gasteiger partial charge in [0.2, 0.25) is 0 Å². The third-order valence-corrected chi connectivity index (χ3v) is 5.61. The van der Waals surface area contributed by atoms with Crippen LogP contribution in [0.5, 0.6) is 5.75 Å². The van der Waals surface area contributed by atoms with E-state index in [1.54, 1.807) is 50.4 Å². The summed E-state index contributed by atoms with van der Waals surface area (Å²) in [5.74, 6) is 0.506. The van der Waals surface area contributed by atoms with Crippen molar-refractivity contribution in [2.24, 2.45) is 5.10 Å². The SMILES string of the molecule is CCOC(=O)[C@H](C)Oc1ccc(C=Nn2c(-c3ccccc3)nc3ccccc3c2=O)cc1Br. The lowest BCUT2D eigenvalue weighted by atomic mass is 10.2. The van der Waals surface area contributed by atoms with Gasteiger partial charge in [-0.3, -0.25) is 4.79 Å². The predicted molar refractivity (Wildman–Crippen MR) is 135 cm³/mol. The number of halogens is 1. The lowest BCUT2D eigenvalue weighted by Gasteiger charge is -2.14. The van der Waals surface area contributed by atoms with Crippen LogP contribution in [0.4, 0.5) is 0 Å². The molecule has 0 aliphatic rings. The number of ether oxygens (including phenoxy) is 2. The molecule has 1 aromatic heterocycles. The first kappa shape index (κ1) is 23.4. The van der Waals surface area contributed by atoms with Crippen LogP contribution in [0.2, 0.25) is 0 Å². The first-order valence-corrected chi connectivity index (χ1v) is 11.5. The Labute approximate surface area is 204 Å². The number of carbonyl (C=O) groups excluding carboxylic acids is 1. The van der Waals surface area contributed by atoms with Crippen molar-refractivity contribution in [1.29, 1.82) is 0 Å². The molecular formula is C26H22BrN3O4. The molecule has 3 aromatic carbocycles. The van der Waals surface area contributed by atoms with Crippen LogP contribution in [0, 0.1) is 0 Å². The van der Waals surface area contributed by atoms with Crippen molar-refractivity contribution in [1.82, 2.24) is 9.66 Å². The number of hydrogen-bond donors (Lipinski definition) is 0. The number of aromatic nitrogens is 2. The quantitative estimate of drug-likeness (QED) is 0.252. The first-order chi connectivity index (χ1) is 16.5. The maximum absolute atomic E-state index is 13.2. The minimum atomic E-state index is -0.744. The average Bonchev–Trinajstić information content (AvgIpc) is 2.85. The third kappa shape index (κ3) is 5.07. The maximum atomic E-state index is 13.2. The molecule has 1 heterocycles. The molecule has 4 aromatic rings. The minimum Gasteiger partial charge on any atom is -0.478 e. The normalized spacial score (nSPS) is 12.1. The molecule has 7 nitrogen and oxygen atoms in total. The highest BCUT2D eigenvalue weighted by atomic mass is 79.9. The van der Waals surface area contributed by atoms with Gasteiger partial charge in [-0.1, -0.05) is 42.5 Å². The summed E-state index contributed by atoms with van der Waals surface area (Å²) in [6.45, 7) is 3.66. The Morgan fingerprint density at radius 1 is 1.12 bits per heavy atom. The lowest BCUT2D eigenvalue weighted by Crippen LogP contribution is -2.26. The van der Waals surface area contributed by atoms with Gasteiger partial charge >= 0.3 is 5.97 Å². The van der Waals surface area contributed by atoms with Crippen LogP contribution in [-0.4, -0.2) is 34.6 Å². The molecule has 0 saturated heterocycles. The number of esters is 1. The Bertz CT molecular complexity index is 1420. The predicted octanol–water partition coefficient (Wildman–Crippen LogP) is 5.04. The van der Waals surface area contributed by atoms with Crippen molar-refractivity contribution in [2.75, 3.05) is 6.61 Å². The molecule has 0 aliphatic heterocycles. The van der Waals surface area contributed by atoms with Crippen LogP contribution >= 0.6 is 15.9 Å². The summed E-state index contributed by atoms with van der Waals surface area (Å²) in [5, 5.41) is 4.95. The zero-order chi connectivity index (χ0) is 24.1. The summed E-state index contributed by atoms with van der Waals surface area (Å²) < 4.78 is 12.6. The molecule has 8 heteroatoms. The van der Waals surface area contributed by atoms with E-state index < -0.39 is 12.1 Å². The van der Waals surface area contributed by atoms with Crippen LogP contribution in [-0.2, 0) is 9.53 Å². The van der Waals surface area contributed by atoms with Gasteiger partial charge < -0.3 is 9.47 Å². The number of hydrogen-bond acceptors (Lipinski definition) is 6. The fourth-order valence-corrected chi connectivity index (χ4v) is 3.81. The van der Waals surface area contributed by atoms with E-state index in [2.05, 4.69) is 21.0 Å². The van der Waals surface area contributed by atoms with Gasteiger partial charge in [0.25, 0.3) is 5.56 Å². The Hall–Kier alpha value is -3.78. The van der Waals surface area contributed by atoms with Crippen molar-refractivity contribution in [3.05, 3.63) is 93.2 Å². The van der Waals surface area contributed by atoms with Crippen molar-refractivity contribution >= 4 is 39.0 Å². The second-order valence-electron chi connectivity index (χ2n) is 7.38. The standard InChI is InChI=1S/C26H22BrN3O4/c1-3-33-26(32)17(2)34-23-14-13-18(15-21(23)27)16-28-30-24(19-9-5-4-6-10-19)29-22-12-8-7-11-20(22)25(30)31/h4-17H,3H2,1-2H3/t17-/m0/s1. The number of fused-ring (bicyclic) bond motifs is 1. The number of para-hydroxylation sites is 1. The van der Waals surface area contributed by atoms with E-state index in [1.165, 1.54) is 4.68 Å². The molecule has 0 spiro atoms. The number of carbonyl (C=O) groups is 1. The summed E-state index contributed by atoms with van der Waals surface area (Å²) in [7, 11) is 0. The van der Waals surface area contributed by atoms with Crippen LogP contribution in [0.15, 0.2) is 87.2 Å². The minimum absolute atomic E-state index is 0.261. The van der Waals surface area contributed by atoms with Gasteiger partial charge in [-0.2, -0.15) is 9.78 Å². The highest BCUT2D eigenvalue weighted by molar-refractivity contribution is 9.10. The average molecular weight is 520 g/mol. The summed E-state index contributed by atoms with van der Waals surface area (Å²) in [6, 6.07) is 21.9. The molecule has 34 heavy (non-hydrogen) atoms. The van der Waals surface area contributed by atoms with Crippen molar-refractivity contribution in [3.63, 3.8) is 0 Å². The van der Waals surface area contributed by atoms with Gasteiger partial charge in [-0.05, 0) is 65.7 Å². The molecular weight excluding hydrogens is 498 g/mol. The molecule has 0 N–H and O–H groups in total. The summed E-state index contributed by atoms with van der Waals surface area (Å²) >= 11 is 3.47. The van der Waals surface area contributed by atoms with E-state index in [9.17, 15) is 9.59 Å². The third-order valence-electron chi connectivity index (χ3n) is 4.99. The second-order valence-corrected chi connectivity index (χ2v) is 8.24. The lowest BCUT2D eigenvalue weighted by molar-refractivity contribution is -0.150. The van der Waals surface area contributed by atoms with E-state index >= 15 is 0 Å². The Morgan fingerprint density at radius 3 is 2.59 bits per heavy atom. The largest absolute Gasteiger partial charge is 0.478 e. The summed E-state index contributed by atoms with van der Waals surface area (Å²) in [4.78, 5) is 29.8. The molecule has 0 bridgehead atoms. The molecule has 0 unspecified atom stereocenters. The number of nitrogens with zero attached hydrogens (tertiary/aromatic N) is 3. The number of rotatable bonds is 7. The van der Waals surface area contributed by atoms with E-state index in [0.717, 1.165) is 11.1 Å². The molecule has 1 atom stereocenters. The van der Waals surface area contributed by atoms with E-state index in [-0.39, 0.29) is 12.2 Å². The van der Waals surface area contributed by atoms with Crippen molar-refractivity contribution in [2.45, 2.75) is 20.0 Å². The molecule has 0 radical (unpaired) electrons. The number of benzene rings is 3. The molecule has 4 rings (SSSR count). The van der Waals surface area contributed by atoms with E-state index in [4.69, 9.17) is 14.5 Å². The van der Waals surface area contributed by atoms with Crippen LogP contribution in [0.25, 0.3) is 22.3 Å². The Balaban J connectivity index is 1.69. The van der Waals surface area contributed by atoms with Crippen LogP contribution in [0.1, 0.15) is 19.4 Å². The summed E-state index contributed by atoms with van der Waals surface area (Å²) in [5.41, 5.74) is 1.85. The van der Waals surface area contributed by atoms with Crippen molar-refractivity contribution < 1.29 is 14.3 Å². The highest BCUT2D eigenvalue weighted by Crippen LogP contribution is 2.27. The van der Waals surface area contributed by atoms with Gasteiger partial charge in [0.1, 0.15) is 5.75 Å². The van der Waals surface area contributed by atoms with Gasteiger partial charge in [0.05, 0.1) is 28.2 Å². The van der Waals surface area contributed by atoms with Gasteiger partial charge in [-0.15, -0.1) is 0 Å². The highest BCUT2D eigenvalue weighted by Gasteiger charge is 2.17. The fourth-order valence-electron chi connectivity index (χ4n) is 3.32. The molecule has 0 amide bonds. The van der Waals surface area contributed by atoms with Crippen LogP contribution in [0.3, 0.4) is 0 Å². The zero-order valence-corrected chi connectivity index (χ0v) is 20.2. The topological polar surface area (TPSA) is 82.8 Å². The van der Waals surface area contributed by atoms with Gasteiger partial charge in [-0.25, -0.2) is 9.78 Å². The second kappa shape index (κ2) is 10.4. The van der Waals surface area contributed by atoms with Crippen LogP contribution < -0.4 is 10.3 Å². The van der Waals surface area contributed by atoms with Gasteiger partial charge in [0.15, 0.2) is 11.9 Å². The first-order valence-electron chi connectivity index (χ1n) is 10.7. The molecule has 0 aliphatic carbocycles. The Morgan fingerprint density at radius 2 is 1.85 bits per heavy atom. The monoisotopic (exact) mass is 519 g/mol. The zero-order valence-electron chi connectivity index (χ0n) is 18.6. The smallest absolute Gasteiger partial charge is 0.347 e. The molecule has 0 fully saturated rings. The molecule has 0 saturated carbocycles. The van der Waals surface area contributed by atoms with Gasteiger partial charge in [0, 0.05) is 5.56 Å². The van der Waals surface area contributed by atoms with Crippen molar-refractivity contribution in [3.8, 4) is 17.1 Å². The van der Waals surface area contributed by atoms with E-state index in [0.29, 0.717) is 26.9 Å². The molecule has 172 valence electrons. The summed E-state index contributed by atoms with van der Waals surface area (Å²) in [6.07, 6.45) is 0.833. The fraction of sp³-hybridized carbons (Fsp3) is 0.154. The Kier molecular flexibility index (Phi) is 7.18. The maximum Gasteiger partial charge on any atom is 0.347 e.